The van der Waals surface area contributed by atoms with Crippen LogP contribution in [0, 0.1) is 0 Å². The molecule has 0 fully saturated rings. The molecule has 2 aromatic carbocycles. The van der Waals surface area contributed by atoms with Gasteiger partial charge in [0.25, 0.3) is 6.43 Å². The van der Waals surface area contributed by atoms with Crippen molar-refractivity contribution in [1.82, 2.24) is 9.97 Å². The summed E-state index contributed by atoms with van der Waals surface area (Å²) in [5, 5.41) is 3.38. The molecule has 0 saturated heterocycles. The maximum atomic E-state index is 12.7. The largest absolute Gasteiger partial charge is 0.351 e. The molecule has 1 heterocycles. The average molecular weight is 403 g/mol. The Morgan fingerprint density at radius 3 is 2.00 bits per heavy atom. The average Bonchev–Trinajstić information content (AvgIpc) is 3.10. The lowest BCUT2D eigenvalue weighted by molar-refractivity contribution is 0.116. The van der Waals surface area contributed by atoms with Gasteiger partial charge in [0, 0.05) is 24.0 Å². The third kappa shape index (κ3) is 4.29. The molecule has 1 aliphatic carbocycles. The molecule has 0 saturated carbocycles. The Kier molecular flexibility index (Phi) is 6.21. The number of hydrogen-bond acceptors (Lipinski definition) is 4. The molecular weight excluding hydrogens is 382 g/mol. The Bertz CT molecular complexity index is 891. The highest BCUT2D eigenvalue weighted by Crippen LogP contribution is 2.25. The van der Waals surface area contributed by atoms with Crippen LogP contribution in [0.15, 0.2) is 60.9 Å². The topological polar surface area (TPSA) is 63.8 Å². The number of halogens is 3. The van der Waals surface area contributed by atoms with Crippen molar-refractivity contribution in [2.45, 2.75) is 31.4 Å². The molecule has 0 aliphatic heterocycles. The van der Waals surface area contributed by atoms with Crippen molar-refractivity contribution >= 4 is 18.4 Å². The highest BCUT2D eigenvalue weighted by molar-refractivity contribution is 5.85. The molecule has 4 rings (SSSR count). The lowest BCUT2D eigenvalue weighted by Crippen LogP contribution is -2.20. The van der Waals surface area contributed by atoms with Crippen molar-refractivity contribution in [1.29, 1.82) is 0 Å². The molecule has 1 unspecified atom stereocenters. The number of alkyl halides is 2. The van der Waals surface area contributed by atoms with Gasteiger partial charge in [-0.3, -0.25) is 0 Å². The van der Waals surface area contributed by atoms with E-state index >= 15 is 0 Å². The number of nitrogens with two attached hydrogens (primary N) is 1. The van der Waals surface area contributed by atoms with E-state index in [0.717, 1.165) is 24.0 Å². The van der Waals surface area contributed by atoms with Crippen LogP contribution >= 0.6 is 12.4 Å². The standard InChI is InChI=1S/C21H20F2N4.ClH/c22-20(23)19(24)14-7-5-13(6-8-14)17-11-25-21(26-12-17)27-18-9-15-3-1-2-4-16(15)10-18;/h1-8,11-12,18-20H,9-10,24H2,(H,25,26,27);1H. The summed E-state index contributed by atoms with van der Waals surface area (Å²) in [6, 6.07) is 14.2. The molecular formula is C21H21ClF2N4. The Morgan fingerprint density at radius 2 is 1.46 bits per heavy atom. The molecule has 146 valence electrons. The fourth-order valence-electron chi connectivity index (χ4n) is 3.44. The highest BCUT2D eigenvalue weighted by Gasteiger charge is 2.21. The molecule has 3 N–H and O–H groups in total. The van der Waals surface area contributed by atoms with Crippen LogP contribution < -0.4 is 11.1 Å². The molecule has 3 aromatic rings. The van der Waals surface area contributed by atoms with E-state index in [4.69, 9.17) is 5.73 Å². The zero-order valence-electron chi connectivity index (χ0n) is 15.1. The maximum absolute atomic E-state index is 12.7. The predicted molar refractivity (Wildman–Crippen MR) is 109 cm³/mol. The van der Waals surface area contributed by atoms with Crippen LogP contribution in [0.5, 0.6) is 0 Å². The van der Waals surface area contributed by atoms with Gasteiger partial charge in [-0.25, -0.2) is 18.7 Å². The van der Waals surface area contributed by atoms with E-state index in [-0.39, 0.29) is 12.4 Å². The minimum absolute atomic E-state index is 0. The number of anilines is 1. The van der Waals surface area contributed by atoms with Gasteiger partial charge in [-0.1, -0.05) is 48.5 Å². The second-order valence-electron chi connectivity index (χ2n) is 6.80. The lowest BCUT2D eigenvalue weighted by Gasteiger charge is -2.13. The van der Waals surface area contributed by atoms with Crippen LogP contribution in [0.1, 0.15) is 22.7 Å². The van der Waals surface area contributed by atoms with Gasteiger partial charge >= 0.3 is 0 Å². The van der Waals surface area contributed by atoms with E-state index in [1.807, 2.05) is 0 Å². The SMILES string of the molecule is Cl.NC(c1ccc(-c2cnc(NC3Cc4ccccc4C3)nc2)cc1)C(F)F. The van der Waals surface area contributed by atoms with Crippen LogP contribution in [-0.2, 0) is 12.8 Å². The van der Waals surface area contributed by atoms with E-state index < -0.39 is 12.5 Å². The Balaban J connectivity index is 0.00000225. The zero-order chi connectivity index (χ0) is 18.8. The van der Waals surface area contributed by atoms with Gasteiger partial charge in [-0.15, -0.1) is 12.4 Å². The first-order valence-corrected chi connectivity index (χ1v) is 8.89. The number of fused-ring (bicyclic) bond motifs is 1. The number of hydrogen-bond donors (Lipinski definition) is 2. The third-order valence-corrected chi connectivity index (χ3v) is 4.94. The summed E-state index contributed by atoms with van der Waals surface area (Å²) in [5.41, 5.74) is 10.3. The van der Waals surface area contributed by atoms with Crippen molar-refractivity contribution in [3.8, 4) is 11.1 Å². The molecule has 7 heteroatoms. The minimum Gasteiger partial charge on any atom is -0.351 e. The van der Waals surface area contributed by atoms with Crippen LogP contribution in [-0.4, -0.2) is 22.4 Å². The van der Waals surface area contributed by atoms with Crippen LogP contribution in [0.3, 0.4) is 0 Å². The van der Waals surface area contributed by atoms with Gasteiger partial charge in [0.05, 0.1) is 6.04 Å². The van der Waals surface area contributed by atoms with Crippen molar-refractivity contribution in [2.75, 3.05) is 5.32 Å². The predicted octanol–water partition coefficient (Wildman–Crippen LogP) is 4.41. The summed E-state index contributed by atoms with van der Waals surface area (Å²) in [5.74, 6) is 0.591. The summed E-state index contributed by atoms with van der Waals surface area (Å²) in [6.07, 6.45) is 2.82. The lowest BCUT2D eigenvalue weighted by atomic mass is 10.0. The first kappa shape index (κ1) is 20.2. The van der Waals surface area contributed by atoms with Crippen molar-refractivity contribution in [3.63, 3.8) is 0 Å². The highest BCUT2D eigenvalue weighted by atomic mass is 35.5. The fraction of sp³-hybridized carbons (Fsp3) is 0.238. The summed E-state index contributed by atoms with van der Waals surface area (Å²) < 4.78 is 25.4. The molecule has 0 bridgehead atoms. The fourth-order valence-corrected chi connectivity index (χ4v) is 3.44. The molecule has 0 spiro atoms. The second-order valence-corrected chi connectivity index (χ2v) is 6.80. The zero-order valence-corrected chi connectivity index (χ0v) is 15.9. The van der Waals surface area contributed by atoms with E-state index in [9.17, 15) is 8.78 Å². The van der Waals surface area contributed by atoms with Crippen LogP contribution in [0.25, 0.3) is 11.1 Å². The summed E-state index contributed by atoms with van der Waals surface area (Å²) >= 11 is 0. The van der Waals surface area contributed by atoms with E-state index in [1.54, 1.807) is 36.7 Å². The number of benzene rings is 2. The molecule has 1 atom stereocenters. The van der Waals surface area contributed by atoms with Crippen molar-refractivity contribution in [2.24, 2.45) is 5.73 Å². The molecule has 0 radical (unpaired) electrons. The first-order valence-electron chi connectivity index (χ1n) is 8.89. The minimum atomic E-state index is -2.58. The number of rotatable bonds is 5. The molecule has 4 nitrogen and oxygen atoms in total. The Labute approximate surface area is 168 Å². The van der Waals surface area contributed by atoms with Gasteiger partial charge in [0.1, 0.15) is 0 Å². The van der Waals surface area contributed by atoms with Crippen molar-refractivity contribution < 1.29 is 8.78 Å². The summed E-state index contributed by atoms with van der Waals surface area (Å²) in [4.78, 5) is 8.80. The van der Waals surface area contributed by atoms with E-state index in [0.29, 0.717) is 17.6 Å². The molecule has 1 aromatic heterocycles. The molecule has 28 heavy (non-hydrogen) atoms. The normalized spacial score (nSPS) is 14.4. The van der Waals surface area contributed by atoms with Crippen LogP contribution in [0.4, 0.5) is 14.7 Å². The molecule has 0 amide bonds. The van der Waals surface area contributed by atoms with Crippen LogP contribution in [0.2, 0.25) is 0 Å². The molecule has 1 aliphatic rings. The van der Waals surface area contributed by atoms with Gasteiger partial charge in [0.15, 0.2) is 0 Å². The van der Waals surface area contributed by atoms with Gasteiger partial charge in [-0.05, 0) is 35.1 Å². The van der Waals surface area contributed by atoms with E-state index in [1.165, 1.54) is 11.1 Å². The van der Waals surface area contributed by atoms with Gasteiger partial charge in [0.2, 0.25) is 5.95 Å². The third-order valence-electron chi connectivity index (χ3n) is 4.94. The Hall–Kier alpha value is -2.57. The summed E-state index contributed by atoms with van der Waals surface area (Å²) in [7, 11) is 0. The number of aromatic nitrogens is 2. The van der Waals surface area contributed by atoms with E-state index in [2.05, 4.69) is 39.6 Å². The van der Waals surface area contributed by atoms with Crippen molar-refractivity contribution in [3.05, 3.63) is 77.6 Å². The first-order chi connectivity index (χ1) is 13.1. The number of nitrogens with one attached hydrogen (secondary N) is 1. The monoisotopic (exact) mass is 402 g/mol. The second kappa shape index (κ2) is 8.63. The number of nitrogens with zero attached hydrogens (tertiary/aromatic N) is 2. The quantitative estimate of drug-likeness (QED) is 0.663. The maximum Gasteiger partial charge on any atom is 0.257 e. The Morgan fingerprint density at radius 1 is 0.893 bits per heavy atom. The summed E-state index contributed by atoms with van der Waals surface area (Å²) in [6.45, 7) is 0. The van der Waals surface area contributed by atoms with Gasteiger partial charge in [-0.2, -0.15) is 0 Å². The smallest absolute Gasteiger partial charge is 0.257 e. The van der Waals surface area contributed by atoms with Gasteiger partial charge < -0.3 is 11.1 Å².